The van der Waals surface area contributed by atoms with Crippen molar-refractivity contribution in [2.75, 3.05) is 13.3 Å². The van der Waals surface area contributed by atoms with Crippen LogP contribution in [0.4, 0.5) is 4.39 Å². The number of pyridine rings is 1. The van der Waals surface area contributed by atoms with Crippen molar-refractivity contribution in [1.29, 1.82) is 0 Å². The van der Waals surface area contributed by atoms with Gasteiger partial charge in [0, 0.05) is 17.5 Å². The van der Waals surface area contributed by atoms with Gasteiger partial charge in [-0.2, -0.15) is 0 Å². The summed E-state index contributed by atoms with van der Waals surface area (Å²) in [7, 11) is 0. The van der Waals surface area contributed by atoms with Crippen LogP contribution in [0.1, 0.15) is 15.9 Å². The van der Waals surface area contributed by atoms with Crippen LogP contribution in [0.3, 0.4) is 0 Å². The molecule has 0 amide bonds. The van der Waals surface area contributed by atoms with E-state index in [4.69, 9.17) is 4.74 Å². The van der Waals surface area contributed by atoms with Crippen molar-refractivity contribution in [3.63, 3.8) is 0 Å². The lowest BCUT2D eigenvalue weighted by molar-refractivity contribution is 0.0473. The molecule has 5 heteroatoms. The number of carbonyl (C=O) groups is 1. The Morgan fingerprint density at radius 2 is 1.73 bits per heavy atom. The Hall–Kier alpha value is -3.57. The SMILES string of the molecule is O=C(OCNCCc1ccccc1)c1ccc2nc(-c3ccc(F)cc3)ccc2c1. The van der Waals surface area contributed by atoms with Crippen LogP contribution in [0.25, 0.3) is 22.2 Å². The molecular formula is C25H21FN2O2. The molecule has 1 N–H and O–H groups in total. The largest absolute Gasteiger partial charge is 0.446 e. The number of hydrogen-bond donors (Lipinski definition) is 1. The topological polar surface area (TPSA) is 51.2 Å². The molecule has 0 radical (unpaired) electrons. The van der Waals surface area contributed by atoms with Crippen molar-refractivity contribution in [2.45, 2.75) is 6.42 Å². The smallest absolute Gasteiger partial charge is 0.339 e. The number of benzene rings is 3. The first-order chi connectivity index (χ1) is 14.7. The number of halogens is 1. The molecule has 0 spiro atoms. The monoisotopic (exact) mass is 400 g/mol. The van der Waals surface area contributed by atoms with Crippen molar-refractivity contribution in [2.24, 2.45) is 0 Å². The van der Waals surface area contributed by atoms with Gasteiger partial charge >= 0.3 is 5.97 Å². The molecule has 30 heavy (non-hydrogen) atoms. The Bertz CT molecular complexity index is 1140. The summed E-state index contributed by atoms with van der Waals surface area (Å²) in [6.07, 6.45) is 0.871. The van der Waals surface area contributed by atoms with Crippen LogP contribution in [-0.4, -0.2) is 24.2 Å². The van der Waals surface area contributed by atoms with Gasteiger partial charge in [0.15, 0.2) is 0 Å². The number of nitrogens with one attached hydrogen (secondary N) is 1. The highest BCUT2D eigenvalue weighted by Crippen LogP contribution is 2.22. The van der Waals surface area contributed by atoms with E-state index in [-0.39, 0.29) is 18.5 Å². The maximum Gasteiger partial charge on any atom is 0.339 e. The van der Waals surface area contributed by atoms with Gasteiger partial charge in [-0.1, -0.05) is 36.4 Å². The third kappa shape index (κ3) is 4.88. The second-order valence-electron chi connectivity index (χ2n) is 6.92. The summed E-state index contributed by atoms with van der Waals surface area (Å²) in [5.41, 5.74) is 4.06. The molecule has 150 valence electrons. The molecule has 4 nitrogen and oxygen atoms in total. The van der Waals surface area contributed by atoms with Gasteiger partial charge in [0.1, 0.15) is 12.5 Å². The fraction of sp³-hybridized carbons (Fsp3) is 0.120. The highest BCUT2D eigenvalue weighted by molar-refractivity contribution is 5.94. The standard InChI is InChI=1S/C25H21FN2O2/c26-22-10-6-19(7-11-22)23-12-8-20-16-21(9-13-24(20)28-23)25(29)30-17-27-15-14-18-4-2-1-3-5-18/h1-13,16,27H,14-15,17H2. The van der Waals surface area contributed by atoms with Gasteiger partial charge in [-0.25, -0.2) is 14.2 Å². The van der Waals surface area contributed by atoms with E-state index in [1.54, 1.807) is 30.3 Å². The van der Waals surface area contributed by atoms with Gasteiger partial charge in [-0.15, -0.1) is 0 Å². The lowest BCUT2D eigenvalue weighted by atomic mass is 10.1. The Morgan fingerprint density at radius 3 is 2.53 bits per heavy atom. The van der Waals surface area contributed by atoms with Crippen LogP contribution in [-0.2, 0) is 11.2 Å². The van der Waals surface area contributed by atoms with Crippen LogP contribution in [0.15, 0.2) is 84.9 Å². The van der Waals surface area contributed by atoms with Crippen LogP contribution in [0.5, 0.6) is 0 Å². The van der Waals surface area contributed by atoms with Crippen LogP contribution < -0.4 is 5.32 Å². The maximum atomic E-state index is 13.1. The molecule has 0 saturated carbocycles. The fourth-order valence-corrected chi connectivity index (χ4v) is 3.18. The third-order valence-electron chi connectivity index (χ3n) is 4.80. The second-order valence-corrected chi connectivity index (χ2v) is 6.92. The Kier molecular flexibility index (Phi) is 6.11. The zero-order chi connectivity index (χ0) is 20.8. The van der Waals surface area contributed by atoms with Gasteiger partial charge < -0.3 is 4.74 Å². The van der Waals surface area contributed by atoms with Gasteiger partial charge in [0.2, 0.25) is 0 Å². The molecule has 1 aromatic heterocycles. The molecule has 4 rings (SSSR count). The van der Waals surface area contributed by atoms with E-state index in [0.717, 1.165) is 35.1 Å². The molecule has 3 aromatic carbocycles. The molecule has 0 aliphatic rings. The molecule has 0 atom stereocenters. The first-order valence-electron chi connectivity index (χ1n) is 9.77. The summed E-state index contributed by atoms with van der Waals surface area (Å²) in [6.45, 7) is 0.885. The Balaban J connectivity index is 1.35. The van der Waals surface area contributed by atoms with Gasteiger partial charge in [-0.05, 0) is 60.5 Å². The molecule has 0 aliphatic carbocycles. The normalized spacial score (nSPS) is 10.8. The van der Waals surface area contributed by atoms with E-state index < -0.39 is 0 Å². The summed E-state index contributed by atoms with van der Waals surface area (Å²) >= 11 is 0. The second kappa shape index (κ2) is 9.29. The molecule has 1 heterocycles. The molecule has 0 saturated heterocycles. The van der Waals surface area contributed by atoms with Crippen molar-refractivity contribution in [1.82, 2.24) is 10.3 Å². The fourth-order valence-electron chi connectivity index (χ4n) is 3.18. The number of rotatable bonds is 7. The average molecular weight is 400 g/mol. The van der Waals surface area contributed by atoms with Crippen LogP contribution >= 0.6 is 0 Å². The molecular weight excluding hydrogens is 379 g/mol. The molecule has 4 aromatic rings. The van der Waals surface area contributed by atoms with E-state index in [2.05, 4.69) is 22.4 Å². The van der Waals surface area contributed by atoms with Gasteiger partial charge in [0.05, 0.1) is 16.8 Å². The lowest BCUT2D eigenvalue weighted by Gasteiger charge is -2.08. The van der Waals surface area contributed by atoms with Crippen molar-refractivity contribution in [3.05, 3.63) is 102 Å². The Labute approximate surface area is 174 Å². The molecule has 0 fully saturated rings. The lowest BCUT2D eigenvalue weighted by Crippen LogP contribution is -2.23. The molecule has 0 bridgehead atoms. The molecule has 0 aliphatic heterocycles. The van der Waals surface area contributed by atoms with E-state index in [1.807, 2.05) is 30.3 Å². The zero-order valence-electron chi connectivity index (χ0n) is 16.3. The summed E-state index contributed by atoms with van der Waals surface area (Å²) in [4.78, 5) is 16.9. The molecule has 0 unspecified atom stereocenters. The third-order valence-corrected chi connectivity index (χ3v) is 4.80. The zero-order valence-corrected chi connectivity index (χ0v) is 16.3. The maximum absolute atomic E-state index is 13.1. The van der Waals surface area contributed by atoms with Crippen LogP contribution in [0, 0.1) is 5.82 Å². The van der Waals surface area contributed by atoms with E-state index in [0.29, 0.717) is 5.56 Å². The first-order valence-corrected chi connectivity index (χ1v) is 9.77. The van der Waals surface area contributed by atoms with Gasteiger partial charge in [0.25, 0.3) is 0 Å². The minimum Gasteiger partial charge on any atom is -0.446 e. The van der Waals surface area contributed by atoms with E-state index >= 15 is 0 Å². The number of hydrogen-bond acceptors (Lipinski definition) is 4. The summed E-state index contributed by atoms with van der Waals surface area (Å²) in [5, 5.41) is 3.96. The summed E-state index contributed by atoms with van der Waals surface area (Å²) in [6, 6.07) is 25.4. The Morgan fingerprint density at radius 1 is 0.933 bits per heavy atom. The van der Waals surface area contributed by atoms with Crippen molar-refractivity contribution >= 4 is 16.9 Å². The van der Waals surface area contributed by atoms with Crippen LogP contribution in [0.2, 0.25) is 0 Å². The van der Waals surface area contributed by atoms with Crippen molar-refractivity contribution in [3.8, 4) is 11.3 Å². The number of carbonyl (C=O) groups excluding carboxylic acids is 1. The number of aromatic nitrogens is 1. The summed E-state index contributed by atoms with van der Waals surface area (Å²) < 4.78 is 18.4. The number of esters is 1. The minimum absolute atomic E-state index is 0.158. The number of ether oxygens (including phenoxy) is 1. The highest BCUT2D eigenvalue weighted by atomic mass is 19.1. The van der Waals surface area contributed by atoms with E-state index in [1.165, 1.54) is 17.7 Å². The number of fused-ring (bicyclic) bond motifs is 1. The summed E-state index contributed by atoms with van der Waals surface area (Å²) in [5.74, 6) is -0.663. The first kappa shape index (κ1) is 19.7. The highest BCUT2D eigenvalue weighted by Gasteiger charge is 2.09. The minimum atomic E-state index is -0.383. The predicted molar refractivity (Wildman–Crippen MR) is 116 cm³/mol. The van der Waals surface area contributed by atoms with E-state index in [9.17, 15) is 9.18 Å². The quantitative estimate of drug-likeness (QED) is 0.270. The predicted octanol–water partition coefficient (Wildman–Crippen LogP) is 4.99. The van der Waals surface area contributed by atoms with Gasteiger partial charge in [-0.3, -0.25) is 5.32 Å². The van der Waals surface area contributed by atoms with Crippen molar-refractivity contribution < 1.29 is 13.9 Å². The average Bonchev–Trinajstić information content (AvgIpc) is 2.79. The number of nitrogens with zero attached hydrogens (tertiary/aromatic N) is 1.